The molecule has 23 heavy (non-hydrogen) atoms. The molecule has 4 nitrogen and oxygen atoms in total. The number of anilines is 2. The van der Waals surface area contributed by atoms with Gasteiger partial charge in [-0.25, -0.2) is 0 Å². The third-order valence-electron chi connectivity index (χ3n) is 3.88. The molecule has 120 valence electrons. The van der Waals surface area contributed by atoms with Gasteiger partial charge < -0.3 is 4.90 Å². The molecular formula is C16H13F3N2O2. The maximum atomic E-state index is 12.9. The van der Waals surface area contributed by atoms with Crippen LogP contribution in [0.3, 0.4) is 0 Å². The highest BCUT2D eigenvalue weighted by Gasteiger charge is 2.31. The van der Waals surface area contributed by atoms with Crippen molar-refractivity contribution in [2.75, 3.05) is 11.4 Å². The maximum absolute atomic E-state index is 12.9. The van der Waals surface area contributed by atoms with Crippen molar-refractivity contribution in [3.8, 4) is 0 Å². The smallest absolute Gasteiger partial charge is 0.341 e. The standard InChI is InChI=1S/C16H13F3N2O2/c17-16(18,19)12-4-1-5-13(9-12)20-8-2-3-11-6-7-14(21(22)23)10-15(11)20/h1,4-7,9-10H,2-3,8H2. The molecule has 0 fully saturated rings. The lowest BCUT2D eigenvalue weighted by Crippen LogP contribution is -2.25. The summed E-state index contributed by atoms with van der Waals surface area (Å²) in [4.78, 5) is 12.2. The normalized spacial score (nSPS) is 14.5. The minimum absolute atomic E-state index is 0.0670. The molecule has 0 bridgehead atoms. The third kappa shape index (κ3) is 2.99. The first-order valence-corrected chi connectivity index (χ1v) is 7.08. The van der Waals surface area contributed by atoms with Crippen LogP contribution in [0.2, 0.25) is 0 Å². The number of halogens is 3. The summed E-state index contributed by atoms with van der Waals surface area (Å²) >= 11 is 0. The Labute approximate surface area is 130 Å². The summed E-state index contributed by atoms with van der Waals surface area (Å²) in [6.45, 7) is 0.523. The highest BCUT2D eigenvalue weighted by molar-refractivity contribution is 5.70. The van der Waals surface area contributed by atoms with Gasteiger partial charge in [0.25, 0.3) is 5.69 Å². The van der Waals surface area contributed by atoms with Gasteiger partial charge in [0.2, 0.25) is 0 Å². The maximum Gasteiger partial charge on any atom is 0.416 e. The van der Waals surface area contributed by atoms with Crippen molar-refractivity contribution in [1.82, 2.24) is 0 Å². The molecule has 0 radical (unpaired) electrons. The lowest BCUT2D eigenvalue weighted by molar-refractivity contribution is -0.384. The number of fused-ring (bicyclic) bond motifs is 1. The van der Waals surface area contributed by atoms with Crippen LogP contribution in [0.4, 0.5) is 30.2 Å². The predicted molar refractivity (Wildman–Crippen MR) is 79.9 cm³/mol. The number of rotatable bonds is 2. The number of aryl methyl sites for hydroxylation is 1. The van der Waals surface area contributed by atoms with Gasteiger partial charge in [-0.05, 0) is 36.6 Å². The number of alkyl halides is 3. The van der Waals surface area contributed by atoms with E-state index in [1.807, 2.05) is 0 Å². The molecule has 0 aliphatic carbocycles. The monoisotopic (exact) mass is 322 g/mol. The summed E-state index contributed by atoms with van der Waals surface area (Å²) in [6.07, 6.45) is -2.89. The van der Waals surface area contributed by atoms with Crippen LogP contribution in [-0.2, 0) is 12.6 Å². The van der Waals surface area contributed by atoms with E-state index < -0.39 is 16.7 Å². The van der Waals surface area contributed by atoms with Crippen molar-refractivity contribution in [1.29, 1.82) is 0 Å². The molecule has 0 atom stereocenters. The van der Waals surface area contributed by atoms with E-state index in [1.165, 1.54) is 18.2 Å². The highest BCUT2D eigenvalue weighted by Crippen LogP contribution is 2.38. The summed E-state index contributed by atoms with van der Waals surface area (Å²) in [6, 6.07) is 9.55. The molecule has 7 heteroatoms. The van der Waals surface area contributed by atoms with Gasteiger partial charge in [-0.1, -0.05) is 12.1 Å². The van der Waals surface area contributed by atoms with E-state index in [-0.39, 0.29) is 5.69 Å². The first-order chi connectivity index (χ1) is 10.9. The molecule has 0 saturated carbocycles. The minimum atomic E-state index is -4.42. The largest absolute Gasteiger partial charge is 0.416 e. The lowest BCUT2D eigenvalue weighted by atomic mass is 10.00. The Hall–Kier alpha value is -2.57. The van der Waals surface area contributed by atoms with E-state index in [1.54, 1.807) is 17.0 Å². The van der Waals surface area contributed by atoms with E-state index in [9.17, 15) is 23.3 Å². The quantitative estimate of drug-likeness (QED) is 0.595. The summed E-state index contributed by atoms with van der Waals surface area (Å²) in [5.74, 6) is 0. The zero-order valence-corrected chi connectivity index (χ0v) is 12.0. The Morgan fingerprint density at radius 3 is 2.61 bits per heavy atom. The average molecular weight is 322 g/mol. The van der Waals surface area contributed by atoms with Crippen LogP contribution in [0.1, 0.15) is 17.5 Å². The average Bonchev–Trinajstić information content (AvgIpc) is 2.53. The molecule has 0 saturated heterocycles. The number of nitro benzene ring substituents is 1. The first kappa shape index (κ1) is 15.3. The predicted octanol–water partition coefficient (Wildman–Crippen LogP) is 4.70. The van der Waals surface area contributed by atoms with Crippen molar-refractivity contribution in [2.45, 2.75) is 19.0 Å². The van der Waals surface area contributed by atoms with E-state index in [0.29, 0.717) is 17.9 Å². The van der Waals surface area contributed by atoms with E-state index in [2.05, 4.69) is 0 Å². The Kier molecular flexibility index (Phi) is 3.71. The van der Waals surface area contributed by atoms with Crippen LogP contribution in [0.5, 0.6) is 0 Å². The second-order valence-corrected chi connectivity index (χ2v) is 5.37. The van der Waals surface area contributed by atoms with Crippen molar-refractivity contribution in [3.63, 3.8) is 0 Å². The fraction of sp³-hybridized carbons (Fsp3) is 0.250. The summed E-state index contributed by atoms with van der Waals surface area (Å²) in [5.41, 5.74) is 1.10. The number of hydrogen-bond donors (Lipinski definition) is 0. The molecule has 3 rings (SSSR count). The molecule has 0 N–H and O–H groups in total. The van der Waals surface area contributed by atoms with Crippen LogP contribution in [-0.4, -0.2) is 11.5 Å². The summed E-state index contributed by atoms with van der Waals surface area (Å²) < 4.78 is 38.7. The number of hydrogen-bond acceptors (Lipinski definition) is 3. The molecule has 1 aliphatic heterocycles. The molecule has 0 spiro atoms. The molecular weight excluding hydrogens is 309 g/mol. The number of nitrogens with zero attached hydrogens (tertiary/aromatic N) is 2. The second-order valence-electron chi connectivity index (χ2n) is 5.37. The van der Waals surface area contributed by atoms with E-state index in [4.69, 9.17) is 0 Å². The Morgan fingerprint density at radius 1 is 1.13 bits per heavy atom. The molecule has 0 aromatic heterocycles. The number of benzene rings is 2. The zero-order chi connectivity index (χ0) is 16.6. The van der Waals surface area contributed by atoms with E-state index >= 15 is 0 Å². The Bertz CT molecular complexity index is 759. The van der Waals surface area contributed by atoms with Gasteiger partial charge in [0.15, 0.2) is 0 Å². The van der Waals surface area contributed by atoms with Crippen LogP contribution in [0.25, 0.3) is 0 Å². The molecule has 2 aromatic carbocycles. The van der Waals surface area contributed by atoms with E-state index in [0.717, 1.165) is 30.5 Å². The summed E-state index contributed by atoms with van der Waals surface area (Å²) in [5, 5.41) is 11.0. The second kappa shape index (κ2) is 5.57. The molecule has 1 aliphatic rings. The van der Waals surface area contributed by atoms with Crippen molar-refractivity contribution in [2.24, 2.45) is 0 Å². The fourth-order valence-electron chi connectivity index (χ4n) is 2.79. The fourth-order valence-corrected chi connectivity index (χ4v) is 2.79. The van der Waals surface area contributed by atoms with Gasteiger partial charge in [-0.2, -0.15) is 13.2 Å². The summed E-state index contributed by atoms with van der Waals surface area (Å²) in [7, 11) is 0. The van der Waals surface area contributed by atoms with Gasteiger partial charge in [0.1, 0.15) is 0 Å². The molecule has 1 heterocycles. The molecule has 0 amide bonds. The van der Waals surface area contributed by atoms with Crippen molar-refractivity contribution < 1.29 is 18.1 Å². The number of non-ortho nitro benzene ring substituents is 1. The van der Waals surface area contributed by atoms with Crippen LogP contribution < -0.4 is 4.90 Å². The van der Waals surface area contributed by atoms with Gasteiger partial charge >= 0.3 is 6.18 Å². The third-order valence-corrected chi connectivity index (χ3v) is 3.88. The topological polar surface area (TPSA) is 46.4 Å². The van der Waals surface area contributed by atoms with Crippen LogP contribution in [0, 0.1) is 10.1 Å². The Balaban J connectivity index is 2.06. The Morgan fingerprint density at radius 2 is 1.91 bits per heavy atom. The molecule has 2 aromatic rings. The first-order valence-electron chi connectivity index (χ1n) is 7.08. The SMILES string of the molecule is O=[N+]([O-])c1ccc2c(c1)N(c1cccc(C(F)(F)F)c1)CCC2. The van der Waals surface area contributed by atoms with Gasteiger partial charge in [-0.15, -0.1) is 0 Å². The zero-order valence-electron chi connectivity index (χ0n) is 12.0. The van der Waals surface area contributed by atoms with Gasteiger partial charge in [0.05, 0.1) is 16.2 Å². The number of nitro groups is 1. The lowest BCUT2D eigenvalue weighted by Gasteiger charge is -2.31. The van der Waals surface area contributed by atoms with Gasteiger partial charge in [0, 0.05) is 24.4 Å². The van der Waals surface area contributed by atoms with Crippen LogP contribution >= 0.6 is 0 Å². The van der Waals surface area contributed by atoms with Crippen LogP contribution in [0.15, 0.2) is 42.5 Å². The van der Waals surface area contributed by atoms with Crippen molar-refractivity contribution >= 4 is 17.1 Å². The highest BCUT2D eigenvalue weighted by atomic mass is 19.4. The minimum Gasteiger partial charge on any atom is -0.341 e. The molecule has 0 unspecified atom stereocenters. The van der Waals surface area contributed by atoms with Gasteiger partial charge in [-0.3, -0.25) is 10.1 Å². The van der Waals surface area contributed by atoms with Crippen molar-refractivity contribution in [3.05, 3.63) is 63.7 Å².